The van der Waals surface area contributed by atoms with Crippen molar-refractivity contribution in [1.29, 1.82) is 0 Å². The van der Waals surface area contributed by atoms with Crippen LogP contribution >= 0.6 is 23.1 Å². The first-order valence-electron chi connectivity index (χ1n) is 8.66. The fourth-order valence-electron chi connectivity index (χ4n) is 2.75. The van der Waals surface area contributed by atoms with Gasteiger partial charge in [0.15, 0.2) is 5.16 Å². The van der Waals surface area contributed by atoms with Crippen molar-refractivity contribution in [3.8, 4) is 11.4 Å². The van der Waals surface area contributed by atoms with Gasteiger partial charge in [-0.25, -0.2) is 4.98 Å². The van der Waals surface area contributed by atoms with Gasteiger partial charge in [0.2, 0.25) is 11.7 Å². The van der Waals surface area contributed by atoms with Gasteiger partial charge >= 0.3 is 0 Å². The highest BCUT2D eigenvalue weighted by atomic mass is 32.2. The van der Waals surface area contributed by atoms with Gasteiger partial charge < -0.3 is 4.52 Å². The minimum Gasteiger partial charge on any atom is -0.338 e. The van der Waals surface area contributed by atoms with Crippen molar-refractivity contribution in [1.82, 2.24) is 19.7 Å². The molecule has 0 amide bonds. The van der Waals surface area contributed by atoms with Crippen molar-refractivity contribution in [2.45, 2.75) is 37.2 Å². The highest BCUT2D eigenvalue weighted by Crippen LogP contribution is 2.26. The van der Waals surface area contributed by atoms with Gasteiger partial charge in [-0.2, -0.15) is 16.3 Å². The molecule has 8 heteroatoms. The second-order valence-corrected chi connectivity index (χ2v) is 7.88. The number of fused-ring (bicyclic) bond motifs is 1. The van der Waals surface area contributed by atoms with E-state index in [1.165, 1.54) is 11.8 Å². The number of benzene rings is 1. The standard InChI is InChI=1S/C19H18N4O2S2/c1-3-12(2)23-18(24)14-6-4-5-7-15(14)20-19(23)27-11-16-21-17(22-25-16)13-8-9-26-10-13/h4-10,12H,3,11H2,1-2H3/t12-/m0/s1. The fraction of sp³-hybridized carbons (Fsp3) is 0.263. The number of thioether (sulfide) groups is 1. The second-order valence-electron chi connectivity index (χ2n) is 6.16. The van der Waals surface area contributed by atoms with E-state index in [4.69, 9.17) is 9.51 Å². The lowest BCUT2D eigenvalue weighted by Gasteiger charge is -2.17. The van der Waals surface area contributed by atoms with Crippen LogP contribution in [0.15, 0.2) is 55.6 Å². The Balaban J connectivity index is 1.66. The van der Waals surface area contributed by atoms with E-state index in [9.17, 15) is 4.79 Å². The average molecular weight is 399 g/mol. The molecule has 27 heavy (non-hydrogen) atoms. The van der Waals surface area contributed by atoms with Crippen LogP contribution in [0.5, 0.6) is 0 Å². The number of rotatable bonds is 6. The Morgan fingerprint density at radius 1 is 1.26 bits per heavy atom. The van der Waals surface area contributed by atoms with Crippen molar-refractivity contribution in [2.24, 2.45) is 0 Å². The number of aromatic nitrogens is 4. The summed E-state index contributed by atoms with van der Waals surface area (Å²) < 4.78 is 7.13. The Morgan fingerprint density at radius 3 is 2.89 bits per heavy atom. The predicted octanol–water partition coefficient (Wildman–Crippen LogP) is 4.77. The minimum absolute atomic E-state index is 0.0121. The molecular formula is C19H18N4O2S2. The van der Waals surface area contributed by atoms with E-state index < -0.39 is 0 Å². The molecule has 0 N–H and O–H groups in total. The Labute approximate surface area is 164 Å². The molecule has 0 saturated heterocycles. The molecule has 0 radical (unpaired) electrons. The summed E-state index contributed by atoms with van der Waals surface area (Å²) in [6.45, 7) is 4.09. The molecule has 1 atom stereocenters. The molecule has 0 unspecified atom stereocenters. The summed E-state index contributed by atoms with van der Waals surface area (Å²) in [5.41, 5.74) is 1.64. The van der Waals surface area contributed by atoms with Gasteiger partial charge in [0.05, 0.1) is 16.7 Å². The molecule has 4 rings (SSSR count). The number of thiophene rings is 1. The van der Waals surface area contributed by atoms with E-state index in [-0.39, 0.29) is 11.6 Å². The van der Waals surface area contributed by atoms with Gasteiger partial charge in [0.25, 0.3) is 5.56 Å². The molecule has 0 saturated carbocycles. The zero-order valence-electron chi connectivity index (χ0n) is 15.0. The predicted molar refractivity (Wildman–Crippen MR) is 108 cm³/mol. The van der Waals surface area contributed by atoms with Crippen LogP contribution in [0.25, 0.3) is 22.3 Å². The summed E-state index contributed by atoms with van der Waals surface area (Å²) in [6.07, 6.45) is 0.844. The summed E-state index contributed by atoms with van der Waals surface area (Å²) in [5.74, 6) is 1.55. The first-order valence-corrected chi connectivity index (χ1v) is 10.6. The first kappa shape index (κ1) is 17.9. The molecule has 0 aliphatic heterocycles. The zero-order valence-corrected chi connectivity index (χ0v) is 16.6. The number of nitrogens with zero attached hydrogens (tertiary/aromatic N) is 4. The van der Waals surface area contributed by atoms with E-state index >= 15 is 0 Å². The third-order valence-electron chi connectivity index (χ3n) is 4.38. The highest BCUT2D eigenvalue weighted by Gasteiger charge is 2.17. The van der Waals surface area contributed by atoms with Crippen molar-refractivity contribution < 1.29 is 4.52 Å². The van der Waals surface area contributed by atoms with Crippen LogP contribution in [-0.2, 0) is 5.75 Å². The van der Waals surface area contributed by atoms with Crippen molar-refractivity contribution in [3.63, 3.8) is 0 Å². The summed E-state index contributed by atoms with van der Waals surface area (Å²) in [7, 11) is 0. The molecule has 1 aromatic carbocycles. The Kier molecular flexibility index (Phi) is 5.09. The highest BCUT2D eigenvalue weighted by molar-refractivity contribution is 7.98. The Hall–Kier alpha value is -2.45. The van der Waals surface area contributed by atoms with Gasteiger partial charge in [-0.15, -0.1) is 0 Å². The lowest BCUT2D eigenvalue weighted by Crippen LogP contribution is -2.26. The molecule has 138 valence electrons. The number of para-hydroxylation sites is 1. The maximum absolute atomic E-state index is 13.0. The van der Waals surface area contributed by atoms with Gasteiger partial charge in [-0.1, -0.05) is 36.0 Å². The monoisotopic (exact) mass is 398 g/mol. The van der Waals surface area contributed by atoms with E-state index in [2.05, 4.69) is 17.1 Å². The van der Waals surface area contributed by atoms with Gasteiger partial charge in [-0.05, 0) is 36.9 Å². The van der Waals surface area contributed by atoms with Crippen LogP contribution in [-0.4, -0.2) is 19.7 Å². The summed E-state index contributed by atoms with van der Waals surface area (Å²) in [6, 6.07) is 9.46. The van der Waals surface area contributed by atoms with E-state index in [1.807, 2.05) is 48.0 Å². The molecule has 3 heterocycles. The number of hydrogen-bond acceptors (Lipinski definition) is 7. The van der Waals surface area contributed by atoms with Crippen molar-refractivity contribution in [2.75, 3.05) is 0 Å². The number of hydrogen-bond donors (Lipinski definition) is 0. The molecule has 0 bridgehead atoms. The molecule has 6 nitrogen and oxygen atoms in total. The first-order chi connectivity index (χ1) is 13.2. The molecule has 4 aromatic rings. The van der Waals surface area contributed by atoms with Crippen LogP contribution in [0, 0.1) is 0 Å². The lowest BCUT2D eigenvalue weighted by molar-refractivity contribution is 0.391. The zero-order chi connectivity index (χ0) is 18.8. The maximum atomic E-state index is 13.0. The van der Waals surface area contributed by atoms with Crippen LogP contribution in [0.4, 0.5) is 0 Å². The third kappa shape index (κ3) is 3.54. The van der Waals surface area contributed by atoms with Crippen LogP contribution < -0.4 is 5.56 Å². The summed E-state index contributed by atoms with van der Waals surface area (Å²) >= 11 is 3.03. The van der Waals surface area contributed by atoms with E-state index in [0.29, 0.717) is 33.5 Å². The minimum atomic E-state index is -0.0121. The van der Waals surface area contributed by atoms with Crippen molar-refractivity contribution >= 4 is 34.0 Å². The van der Waals surface area contributed by atoms with Crippen molar-refractivity contribution in [3.05, 3.63) is 57.3 Å². The average Bonchev–Trinajstić information content (AvgIpc) is 3.37. The summed E-state index contributed by atoms with van der Waals surface area (Å²) in [5, 5.41) is 9.29. The van der Waals surface area contributed by atoms with Gasteiger partial charge in [-0.3, -0.25) is 9.36 Å². The van der Waals surface area contributed by atoms with Crippen LogP contribution in [0.2, 0.25) is 0 Å². The molecule has 0 aliphatic carbocycles. The lowest BCUT2D eigenvalue weighted by atomic mass is 10.2. The molecule has 0 aliphatic rings. The van der Waals surface area contributed by atoms with E-state index in [1.54, 1.807) is 15.9 Å². The maximum Gasteiger partial charge on any atom is 0.262 e. The normalized spacial score (nSPS) is 12.5. The largest absolute Gasteiger partial charge is 0.338 e. The van der Waals surface area contributed by atoms with Crippen LogP contribution in [0.1, 0.15) is 32.2 Å². The van der Waals surface area contributed by atoms with Crippen LogP contribution in [0.3, 0.4) is 0 Å². The third-order valence-corrected chi connectivity index (χ3v) is 6.00. The summed E-state index contributed by atoms with van der Waals surface area (Å²) in [4.78, 5) is 22.1. The second kappa shape index (κ2) is 7.66. The van der Waals surface area contributed by atoms with E-state index in [0.717, 1.165) is 12.0 Å². The molecule has 3 aromatic heterocycles. The fourth-order valence-corrected chi connectivity index (χ4v) is 4.32. The Bertz CT molecular complexity index is 1120. The SMILES string of the molecule is CC[C@H](C)n1c(SCc2nc(-c3ccsc3)no2)nc2ccccc2c1=O. The molecule has 0 fully saturated rings. The molecule has 0 spiro atoms. The van der Waals surface area contributed by atoms with Gasteiger partial charge in [0, 0.05) is 17.0 Å². The topological polar surface area (TPSA) is 73.8 Å². The van der Waals surface area contributed by atoms with Gasteiger partial charge in [0.1, 0.15) is 0 Å². The Morgan fingerprint density at radius 2 is 2.11 bits per heavy atom. The smallest absolute Gasteiger partial charge is 0.262 e. The molecular weight excluding hydrogens is 380 g/mol. The quantitative estimate of drug-likeness (QED) is 0.344.